The zero-order chi connectivity index (χ0) is 16.7. The highest BCUT2D eigenvalue weighted by molar-refractivity contribution is 9.10. The monoisotopic (exact) mass is 412 g/mol. The molecule has 2 aromatic heterocycles. The first kappa shape index (κ1) is 20.1. The molecule has 0 aliphatic heterocycles. The fourth-order valence-electron chi connectivity index (χ4n) is 1.88. The van der Waals surface area contributed by atoms with Crippen molar-refractivity contribution in [2.24, 2.45) is 0 Å². The van der Waals surface area contributed by atoms with Crippen LogP contribution in [0.3, 0.4) is 0 Å². The number of hydrogen-bond acceptors (Lipinski definition) is 4. The van der Waals surface area contributed by atoms with Crippen molar-refractivity contribution in [2.75, 3.05) is 0 Å². The standard InChI is InChI=1S/C16H17BrN4O2.ClH/c1-2-3-4-11-5-6-13(19-10-11)16(23)21-20-15(22)12-7-8-18-14(17)9-12;/h5-10H,2-4H2,1H3,(H,20,22)(H,21,23);1H. The predicted octanol–water partition coefficient (Wildman–Crippen LogP) is 3.08. The van der Waals surface area contributed by atoms with Crippen molar-refractivity contribution in [3.05, 3.63) is 58.1 Å². The molecular formula is C16H18BrClN4O2. The summed E-state index contributed by atoms with van der Waals surface area (Å²) in [4.78, 5) is 31.9. The molecule has 0 aromatic carbocycles. The minimum atomic E-state index is -0.464. The number of rotatable bonds is 5. The molecule has 8 heteroatoms. The van der Waals surface area contributed by atoms with Crippen LogP contribution in [-0.2, 0) is 6.42 Å². The van der Waals surface area contributed by atoms with Gasteiger partial charge in [-0.15, -0.1) is 12.4 Å². The fourth-order valence-corrected chi connectivity index (χ4v) is 2.25. The van der Waals surface area contributed by atoms with Gasteiger partial charge in [0.1, 0.15) is 10.3 Å². The Morgan fingerprint density at radius 2 is 1.88 bits per heavy atom. The van der Waals surface area contributed by atoms with Gasteiger partial charge in [-0.25, -0.2) is 4.98 Å². The lowest BCUT2D eigenvalue weighted by Crippen LogP contribution is -2.41. The van der Waals surface area contributed by atoms with Crippen molar-refractivity contribution in [1.82, 2.24) is 20.8 Å². The summed E-state index contributed by atoms with van der Waals surface area (Å²) in [6, 6.07) is 6.63. The maximum absolute atomic E-state index is 12.0. The maximum Gasteiger partial charge on any atom is 0.288 e. The van der Waals surface area contributed by atoms with E-state index in [0.717, 1.165) is 24.8 Å². The highest BCUT2D eigenvalue weighted by Crippen LogP contribution is 2.08. The Morgan fingerprint density at radius 1 is 1.12 bits per heavy atom. The molecule has 6 nitrogen and oxygen atoms in total. The van der Waals surface area contributed by atoms with Crippen LogP contribution >= 0.6 is 28.3 Å². The molecule has 0 aliphatic rings. The van der Waals surface area contributed by atoms with Crippen molar-refractivity contribution < 1.29 is 9.59 Å². The lowest BCUT2D eigenvalue weighted by atomic mass is 10.1. The van der Waals surface area contributed by atoms with E-state index in [-0.39, 0.29) is 18.1 Å². The highest BCUT2D eigenvalue weighted by Gasteiger charge is 2.10. The number of unbranched alkanes of at least 4 members (excludes halogenated alkanes) is 1. The van der Waals surface area contributed by atoms with Gasteiger partial charge in [0.15, 0.2) is 0 Å². The molecular weight excluding hydrogens is 396 g/mol. The van der Waals surface area contributed by atoms with Crippen molar-refractivity contribution in [1.29, 1.82) is 0 Å². The van der Waals surface area contributed by atoms with E-state index >= 15 is 0 Å². The molecule has 2 aromatic rings. The first-order valence-electron chi connectivity index (χ1n) is 7.27. The van der Waals surface area contributed by atoms with Gasteiger partial charge in [-0.3, -0.25) is 25.4 Å². The number of nitrogens with one attached hydrogen (secondary N) is 2. The Hall–Kier alpha value is -1.99. The summed E-state index contributed by atoms with van der Waals surface area (Å²) in [5.41, 5.74) is 6.42. The van der Waals surface area contributed by atoms with Gasteiger partial charge in [-0.1, -0.05) is 19.4 Å². The summed E-state index contributed by atoms with van der Waals surface area (Å²) in [5, 5.41) is 0. The van der Waals surface area contributed by atoms with Crippen LogP contribution in [0, 0.1) is 0 Å². The van der Waals surface area contributed by atoms with E-state index in [2.05, 4.69) is 43.7 Å². The third-order valence-electron chi connectivity index (χ3n) is 3.15. The summed E-state index contributed by atoms with van der Waals surface area (Å²) in [7, 11) is 0. The average molecular weight is 414 g/mol. The minimum Gasteiger partial charge on any atom is -0.267 e. The molecule has 0 fully saturated rings. The molecule has 2 amide bonds. The van der Waals surface area contributed by atoms with Crippen LogP contribution in [0.15, 0.2) is 41.3 Å². The Bertz CT molecular complexity index is 695. The van der Waals surface area contributed by atoms with E-state index in [1.807, 2.05) is 6.07 Å². The summed E-state index contributed by atoms with van der Waals surface area (Å²) in [6.07, 6.45) is 6.33. The summed E-state index contributed by atoms with van der Waals surface area (Å²) in [6.45, 7) is 2.12. The molecule has 128 valence electrons. The van der Waals surface area contributed by atoms with E-state index in [4.69, 9.17) is 0 Å². The topological polar surface area (TPSA) is 84.0 Å². The van der Waals surface area contributed by atoms with E-state index in [9.17, 15) is 9.59 Å². The number of amides is 2. The van der Waals surface area contributed by atoms with Crippen LogP contribution in [-0.4, -0.2) is 21.8 Å². The van der Waals surface area contributed by atoms with Crippen LogP contribution in [0.5, 0.6) is 0 Å². The Labute approximate surface area is 155 Å². The molecule has 0 bridgehead atoms. The second kappa shape index (κ2) is 10.00. The summed E-state index contributed by atoms with van der Waals surface area (Å²) < 4.78 is 0.542. The average Bonchev–Trinajstić information content (AvgIpc) is 2.58. The van der Waals surface area contributed by atoms with Gasteiger partial charge in [0.05, 0.1) is 0 Å². The number of aromatic nitrogens is 2. The fraction of sp³-hybridized carbons (Fsp3) is 0.250. The molecule has 0 unspecified atom stereocenters. The van der Waals surface area contributed by atoms with Crippen molar-refractivity contribution in [2.45, 2.75) is 26.2 Å². The van der Waals surface area contributed by atoms with Crippen LogP contribution < -0.4 is 10.9 Å². The molecule has 0 saturated carbocycles. The number of carbonyl (C=O) groups excluding carboxylic acids is 2. The Balaban J connectivity index is 0.00000288. The van der Waals surface area contributed by atoms with Gasteiger partial charge in [-0.2, -0.15) is 0 Å². The van der Waals surface area contributed by atoms with E-state index in [1.54, 1.807) is 24.4 Å². The third kappa shape index (κ3) is 5.90. The summed E-state index contributed by atoms with van der Waals surface area (Å²) in [5.74, 6) is -0.894. The molecule has 0 spiro atoms. The van der Waals surface area contributed by atoms with Crippen LogP contribution in [0.2, 0.25) is 0 Å². The quantitative estimate of drug-likeness (QED) is 0.583. The Morgan fingerprint density at radius 3 is 2.50 bits per heavy atom. The van der Waals surface area contributed by atoms with Gasteiger partial charge >= 0.3 is 0 Å². The maximum atomic E-state index is 12.0. The van der Waals surface area contributed by atoms with Crippen LogP contribution in [0.4, 0.5) is 0 Å². The van der Waals surface area contributed by atoms with E-state index in [1.165, 1.54) is 6.20 Å². The highest BCUT2D eigenvalue weighted by atomic mass is 79.9. The van der Waals surface area contributed by atoms with Crippen LogP contribution in [0.1, 0.15) is 46.2 Å². The first-order valence-corrected chi connectivity index (χ1v) is 8.06. The van der Waals surface area contributed by atoms with Gasteiger partial charge in [0.25, 0.3) is 11.8 Å². The molecule has 24 heavy (non-hydrogen) atoms. The van der Waals surface area contributed by atoms with E-state index < -0.39 is 11.8 Å². The molecule has 2 rings (SSSR count). The summed E-state index contributed by atoms with van der Waals surface area (Å²) >= 11 is 3.18. The lowest BCUT2D eigenvalue weighted by molar-refractivity contribution is 0.0844. The number of carbonyl (C=O) groups is 2. The number of aryl methyl sites for hydroxylation is 1. The molecule has 0 radical (unpaired) electrons. The SMILES string of the molecule is CCCCc1ccc(C(=O)NNC(=O)c2ccnc(Br)c2)nc1.Cl. The molecule has 0 atom stereocenters. The van der Waals surface area contributed by atoms with Crippen LogP contribution in [0.25, 0.3) is 0 Å². The van der Waals surface area contributed by atoms with Crippen molar-refractivity contribution in [3.8, 4) is 0 Å². The molecule has 2 heterocycles. The lowest BCUT2D eigenvalue weighted by Gasteiger charge is -2.07. The molecule has 0 aliphatic carbocycles. The number of hydrogen-bond donors (Lipinski definition) is 2. The molecule has 0 saturated heterocycles. The smallest absolute Gasteiger partial charge is 0.267 e. The number of nitrogens with zero attached hydrogens (tertiary/aromatic N) is 2. The zero-order valence-electron chi connectivity index (χ0n) is 13.1. The molecule has 2 N–H and O–H groups in total. The van der Waals surface area contributed by atoms with Gasteiger partial charge < -0.3 is 0 Å². The number of hydrazine groups is 1. The van der Waals surface area contributed by atoms with Crippen molar-refractivity contribution in [3.63, 3.8) is 0 Å². The van der Waals surface area contributed by atoms with E-state index in [0.29, 0.717) is 10.2 Å². The zero-order valence-corrected chi connectivity index (χ0v) is 15.5. The van der Waals surface area contributed by atoms with Gasteiger partial charge in [-0.05, 0) is 52.5 Å². The van der Waals surface area contributed by atoms with Crippen molar-refractivity contribution >= 4 is 40.2 Å². The number of pyridine rings is 2. The van der Waals surface area contributed by atoms with Gasteiger partial charge in [0.2, 0.25) is 0 Å². The second-order valence-electron chi connectivity index (χ2n) is 4.93. The third-order valence-corrected chi connectivity index (χ3v) is 3.59. The predicted molar refractivity (Wildman–Crippen MR) is 97.0 cm³/mol. The first-order chi connectivity index (χ1) is 11.1. The Kier molecular flexibility index (Phi) is 8.35. The second-order valence-corrected chi connectivity index (χ2v) is 5.74. The van der Waals surface area contributed by atoms with Gasteiger partial charge in [0, 0.05) is 18.0 Å². The minimum absolute atomic E-state index is 0. The number of halogens is 2. The largest absolute Gasteiger partial charge is 0.288 e. The normalized spacial score (nSPS) is 9.75.